The molecule has 0 aromatic carbocycles. The fourth-order valence-electron chi connectivity index (χ4n) is 7.97. The van der Waals surface area contributed by atoms with Crippen LogP contribution in [0.2, 0.25) is 0 Å². The number of ether oxygens (including phenoxy) is 4. The number of aliphatic hydroxyl groups is 3. The minimum atomic E-state index is -5.06. The van der Waals surface area contributed by atoms with Crippen LogP contribution in [0.25, 0.3) is 0 Å². The third-order valence-corrected chi connectivity index (χ3v) is 12.2. The van der Waals surface area contributed by atoms with Crippen molar-refractivity contribution in [2.75, 3.05) is 26.4 Å². The van der Waals surface area contributed by atoms with Gasteiger partial charge in [0.15, 0.2) is 6.29 Å². The molecule has 60 heavy (non-hydrogen) atoms. The molecule has 1 rings (SSSR count). The lowest BCUT2D eigenvalue weighted by Gasteiger charge is -2.41. The van der Waals surface area contributed by atoms with Gasteiger partial charge >= 0.3 is 16.4 Å². The van der Waals surface area contributed by atoms with E-state index in [0.29, 0.717) is 13.0 Å². The van der Waals surface area contributed by atoms with Gasteiger partial charge in [0.05, 0.1) is 19.8 Å². The molecular weight excluding hydrogens is 789 g/mol. The van der Waals surface area contributed by atoms with Crippen LogP contribution >= 0.6 is 0 Å². The second kappa shape index (κ2) is 39.7. The summed E-state index contributed by atoms with van der Waals surface area (Å²) in [7, 11) is -5.06. The van der Waals surface area contributed by atoms with E-state index in [1.54, 1.807) is 0 Å². The lowest BCUT2D eigenvalue weighted by molar-refractivity contribution is -0.301. The highest BCUT2D eigenvalue weighted by atomic mass is 32.3. The molecule has 1 heterocycles. The van der Waals surface area contributed by atoms with Gasteiger partial charge in [-0.05, 0) is 12.8 Å². The van der Waals surface area contributed by atoms with Crippen LogP contribution in [0.3, 0.4) is 0 Å². The first-order valence-corrected chi connectivity index (χ1v) is 26.2. The standard InChI is InChI=1S/C47H92O12S/c1-3-5-7-9-11-13-15-16-17-18-19-20-21-22-23-24-25-27-29-31-33-35-37-55-39-41(57-43(49)36-34-32-30-28-26-14-12-10-8-6-4-2)40-56-47-45(51)46(59-60(52,53)54)44(50)42(38-48)58-47/h41-42,44-48,50-51H,3-40H2,1-2H3,(H,52,53,54). The van der Waals surface area contributed by atoms with Crippen LogP contribution in [-0.4, -0.2) is 97.5 Å². The smallest absolute Gasteiger partial charge is 0.397 e. The molecule has 0 bridgehead atoms. The molecule has 0 spiro atoms. The molecule has 6 atom stereocenters. The first kappa shape index (κ1) is 57.1. The molecule has 12 nitrogen and oxygen atoms in total. The van der Waals surface area contributed by atoms with Crippen LogP contribution in [0.5, 0.6) is 0 Å². The topological polar surface area (TPSA) is 178 Å². The van der Waals surface area contributed by atoms with Gasteiger partial charge in [0.25, 0.3) is 0 Å². The average molecular weight is 881 g/mol. The largest absolute Gasteiger partial charge is 0.457 e. The van der Waals surface area contributed by atoms with Crippen LogP contribution in [0.4, 0.5) is 0 Å². The van der Waals surface area contributed by atoms with Crippen LogP contribution in [-0.2, 0) is 38.3 Å². The number of hydrogen-bond donors (Lipinski definition) is 4. The Bertz CT molecular complexity index is 1060. The molecular formula is C47H92O12S. The highest BCUT2D eigenvalue weighted by molar-refractivity contribution is 7.80. The lowest BCUT2D eigenvalue weighted by Crippen LogP contribution is -2.60. The molecule has 358 valence electrons. The van der Waals surface area contributed by atoms with Gasteiger partial charge in [-0.1, -0.05) is 213 Å². The fourth-order valence-corrected chi connectivity index (χ4v) is 8.48. The zero-order valence-corrected chi connectivity index (χ0v) is 39.1. The maximum Gasteiger partial charge on any atom is 0.397 e. The van der Waals surface area contributed by atoms with E-state index in [9.17, 15) is 28.5 Å². The third-order valence-electron chi connectivity index (χ3n) is 11.7. The molecule has 4 N–H and O–H groups in total. The second-order valence-electron chi connectivity index (χ2n) is 17.4. The molecule has 0 amide bonds. The summed E-state index contributed by atoms with van der Waals surface area (Å²) in [6.45, 7) is 4.03. The van der Waals surface area contributed by atoms with E-state index in [2.05, 4.69) is 18.0 Å². The highest BCUT2D eigenvalue weighted by Crippen LogP contribution is 2.26. The fraction of sp³-hybridized carbons (Fsp3) is 0.979. The van der Waals surface area contributed by atoms with Crippen LogP contribution in [0, 0.1) is 0 Å². The van der Waals surface area contributed by atoms with Gasteiger partial charge in [-0.15, -0.1) is 0 Å². The Balaban J connectivity index is 2.30. The van der Waals surface area contributed by atoms with Gasteiger partial charge < -0.3 is 34.3 Å². The van der Waals surface area contributed by atoms with Crippen molar-refractivity contribution < 1.29 is 56.2 Å². The molecule has 1 saturated heterocycles. The predicted molar refractivity (Wildman–Crippen MR) is 239 cm³/mol. The number of carbonyl (C=O) groups is 1. The summed E-state index contributed by atoms with van der Waals surface area (Å²) in [5, 5.41) is 30.7. The summed E-state index contributed by atoms with van der Waals surface area (Å²) in [5.74, 6) is -0.395. The van der Waals surface area contributed by atoms with Gasteiger partial charge in [0.1, 0.15) is 30.5 Å². The summed E-state index contributed by atoms with van der Waals surface area (Å²) in [5.41, 5.74) is 0. The number of hydrogen-bond acceptors (Lipinski definition) is 11. The Hall–Kier alpha value is -0.900. The second-order valence-corrected chi connectivity index (χ2v) is 18.5. The van der Waals surface area contributed by atoms with Gasteiger partial charge in [0, 0.05) is 13.0 Å². The zero-order valence-electron chi connectivity index (χ0n) is 38.3. The Labute approximate surface area is 366 Å². The molecule has 0 aromatic heterocycles. The van der Waals surface area contributed by atoms with Crippen molar-refractivity contribution >= 4 is 16.4 Å². The third kappa shape index (κ3) is 32.7. The number of esters is 1. The summed E-state index contributed by atoms with van der Waals surface area (Å²) < 4.78 is 59.1. The van der Waals surface area contributed by atoms with Gasteiger partial charge in [-0.2, -0.15) is 8.42 Å². The summed E-state index contributed by atoms with van der Waals surface area (Å²) >= 11 is 0. The van der Waals surface area contributed by atoms with Crippen molar-refractivity contribution in [3.63, 3.8) is 0 Å². The molecule has 6 unspecified atom stereocenters. The minimum Gasteiger partial charge on any atom is -0.457 e. The van der Waals surface area contributed by atoms with E-state index in [4.69, 9.17) is 23.5 Å². The Morgan fingerprint density at radius 2 is 0.950 bits per heavy atom. The van der Waals surface area contributed by atoms with Crippen molar-refractivity contribution in [1.82, 2.24) is 0 Å². The van der Waals surface area contributed by atoms with E-state index in [1.165, 1.54) is 167 Å². The zero-order chi connectivity index (χ0) is 43.9. The van der Waals surface area contributed by atoms with Crippen molar-refractivity contribution in [3.05, 3.63) is 0 Å². The summed E-state index contributed by atoms with van der Waals surface area (Å²) in [6, 6.07) is 0. The monoisotopic (exact) mass is 881 g/mol. The van der Waals surface area contributed by atoms with E-state index >= 15 is 0 Å². The number of aliphatic hydroxyl groups excluding tert-OH is 3. The molecule has 0 aromatic rings. The summed E-state index contributed by atoms with van der Waals surface area (Å²) in [6.07, 6.45) is 32.9. The van der Waals surface area contributed by atoms with E-state index in [0.717, 1.165) is 38.5 Å². The van der Waals surface area contributed by atoms with Crippen molar-refractivity contribution in [3.8, 4) is 0 Å². The maximum atomic E-state index is 12.8. The van der Waals surface area contributed by atoms with Crippen molar-refractivity contribution in [2.24, 2.45) is 0 Å². The van der Waals surface area contributed by atoms with Gasteiger partial charge in [-0.3, -0.25) is 9.35 Å². The van der Waals surface area contributed by atoms with E-state index in [1.807, 2.05) is 0 Å². The normalized spacial score (nSPS) is 20.1. The first-order valence-electron chi connectivity index (χ1n) is 24.8. The van der Waals surface area contributed by atoms with Gasteiger partial charge in [0.2, 0.25) is 0 Å². The van der Waals surface area contributed by atoms with Crippen molar-refractivity contribution in [1.29, 1.82) is 0 Å². The SMILES string of the molecule is CCCCCCCCCCCCCCCCCCCCCCCCOCC(COC1OC(CO)C(O)C(OS(=O)(=O)O)C1O)OC(=O)CCCCCCCCCCCCC. The first-order chi connectivity index (χ1) is 29.1. The minimum absolute atomic E-state index is 0.0447. The molecule has 0 radical (unpaired) electrons. The quantitative estimate of drug-likeness (QED) is 0.0259. The molecule has 1 fully saturated rings. The Kier molecular flexibility index (Phi) is 37.8. The number of rotatable bonds is 44. The van der Waals surface area contributed by atoms with E-state index < -0.39 is 59.8 Å². The maximum absolute atomic E-state index is 12.8. The predicted octanol–water partition coefficient (Wildman–Crippen LogP) is 10.9. The molecule has 13 heteroatoms. The molecule has 1 aliphatic heterocycles. The van der Waals surface area contributed by atoms with Crippen LogP contribution < -0.4 is 0 Å². The Morgan fingerprint density at radius 1 is 0.567 bits per heavy atom. The number of carbonyl (C=O) groups excluding carboxylic acids is 1. The molecule has 1 aliphatic rings. The van der Waals surface area contributed by atoms with Crippen molar-refractivity contribution in [2.45, 2.75) is 269 Å². The van der Waals surface area contributed by atoms with Gasteiger partial charge in [-0.25, -0.2) is 4.18 Å². The number of unbranched alkanes of at least 4 members (excludes halogenated alkanes) is 31. The summed E-state index contributed by atoms with van der Waals surface area (Å²) in [4.78, 5) is 12.8. The lowest BCUT2D eigenvalue weighted by atomic mass is 9.99. The van der Waals surface area contributed by atoms with E-state index in [-0.39, 0.29) is 19.6 Å². The highest BCUT2D eigenvalue weighted by Gasteiger charge is 2.48. The average Bonchev–Trinajstić information content (AvgIpc) is 3.22. The van der Waals surface area contributed by atoms with Crippen LogP contribution in [0.15, 0.2) is 0 Å². The van der Waals surface area contributed by atoms with Crippen LogP contribution in [0.1, 0.15) is 232 Å². The molecule has 0 aliphatic carbocycles. The Morgan fingerprint density at radius 3 is 1.33 bits per heavy atom. The molecule has 0 saturated carbocycles.